The van der Waals surface area contributed by atoms with Gasteiger partial charge in [0.25, 0.3) is 0 Å². The van der Waals surface area contributed by atoms with E-state index in [1.165, 1.54) is 6.07 Å². The summed E-state index contributed by atoms with van der Waals surface area (Å²) in [4.78, 5) is 23.0. The maximum absolute atomic E-state index is 13.7. The molecule has 1 aliphatic heterocycles. The number of carbonyl (C=O) groups is 2. The summed E-state index contributed by atoms with van der Waals surface area (Å²) in [5.74, 6) is -1.12. The number of benzene rings is 1. The number of amides is 1. The first-order valence-corrected chi connectivity index (χ1v) is 5.65. The molecule has 0 unspecified atom stereocenters. The van der Waals surface area contributed by atoms with Crippen molar-refractivity contribution in [2.45, 2.75) is 26.7 Å². The zero-order chi connectivity index (χ0) is 12.6. The second-order valence-electron chi connectivity index (χ2n) is 4.56. The minimum atomic E-state index is -0.565. The van der Waals surface area contributed by atoms with Gasteiger partial charge in [0, 0.05) is 18.0 Å². The molecule has 0 saturated heterocycles. The molecule has 4 heteroatoms. The molecule has 0 bridgehead atoms. The number of Topliss-reactive ketones (excluding diaryl/α,β-unsaturated/α-hetero) is 1. The fourth-order valence-electron chi connectivity index (χ4n) is 1.90. The van der Waals surface area contributed by atoms with Crippen LogP contribution in [-0.4, -0.2) is 11.7 Å². The highest BCUT2D eigenvalue weighted by molar-refractivity contribution is 6.00. The van der Waals surface area contributed by atoms with Gasteiger partial charge in [0.05, 0.1) is 5.56 Å². The van der Waals surface area contributed by atoms with Crippen LogP contribution in [0.4, 0.5) is 10.1 Å². The molecule has 1 amide bonds. The van der Waals surface area contributed by atoms with Gasteiger partial charge in [0.1, 0.15) is 5.82 Å². The zero-order valence-corrected chi connectivity index (χ0v) is 9.84. The third-order valence-electron chi connectivity index (χ3n) is 2.88. The van der Waals surface area contributed by atoms with E-state index in [-0.39, 0.29) is 23.2 Å². The van der Waals surface area contributed by atoms with Crippen LogP contribution in [0.15, 0.2) is 12.1 Å². The lowest BCUT2D eigenvalue weighted by atomic mass is 9.94. The standard InChI is InChI=1S/C13H14FNO2/c1-7(2)13(17)9-5-8-3-4-12(16)15-11(8)6-10(9)14/h5-7H,3-4H2,1-2H3,(H,15,16). The number of hydrogen-bond donors (Lipinski definition) is 1. The van der Waals surface area contributed by atoms with Crippen LogP contribution in [0.1, 0.15) is 36.2 Å². The molecule has 1 N–H and O–H groups in total. The lowest BCUT2D eigenvalue weighted by Gasteiger charge is -2.18. The van der Waals surface area contributed by atoms with Crippen LogP contribution < -0.4 is 5.32 Å². The molecule has 0 fully saturated rings. The minimum absolute atomic E-state index is 0.111. The Labute approximate surface area is 99.0 Å². The van der Waals surface area contributed by atoms with Crippen molar-refractivity contribution < 1.29 is 14.0 Å². The van der Waals surface area contributed by atoms with Crippen LogP contribution in [-0.2, 0) is 11.2 Å². The Hall–Kier alpha value is -1.71. The van der Waals surface area contributed by atoms with Crippen molar-refractivity contribution >= 4 is 17.4 Å². The quantitative estimate of drug-likeness (QED) is 0.801. The van der Waals surface area contributed by atoms with Gasteiger partial charge in [-0.15, -0.1) is 0 Å². The van der Waals surface area contributed by atoms with Crippen LogP contribution in [0, 0.1) is 11.7 Å². The van der Waals surface area contributed by atoms with Gasteiger partial charge in [0.15, 0.2) is 5.78 Å². The number of hydrogen-bond acceptors (Lipinski definition) is 2. The molecule has 0 spiro atoms. The molecule has 0 radical (unpaired) electrons. The van der Waals surface area contributed by atoms with Crippen molar-refractivity contribution in [3.63, 3.8) is 0 Å². The van der Waals surface area contributed by atoms with Gasteiger partial charge >= 0.3 is 0 Å². The largest absolute Gasteiger partial charge is 0.326 e. The molecular formula is C13H14FNO2. The summed E-state index contributed by atoms with van der Waals surface area (Å²) < 4.78 is 13.7. The Balaban J connectivity index is 2.44. The van der Waals surface area contributed by atoms with Gasteiger partial charge in [-0.3, -0.25) is 9.59 Å². The number of fused-ring (bicyclic) bond motifs is 1. The van der Waals surface area contributed by atoms with Gasteiger partial charge in [-0.1, -0.05) is 13.8 Å². The normalized spacial score (nSPS) is 14.5. The van der Waals surface area contributed by atoms with E-state index >= 15 is 0 Å². The topological polar surface area (TPSA) is 46.2 Å². The van der Waals surface area contributed by atoms with Crippen molar-refractivity contribution in [1.29, 1.82) is 0 Å². The minimum Gasteiger partial charge on any atom is -0.326 e. The van der Waals surface area contributed by atoms with E-state index < -0.39 is 5.82 Å². The van der Waals surface area contributed by atoms with Crippen LogP contribution in [0.25, 0.3) is 0 Å². The molecule has 0 saturated carbocycles. The van der Waals surface area contributed by atoms with Gasteiger partial charge in [-0.05, 0) is 24.1 Å². The Morgan fingerprint density at radius 1 is 1.35 bits per heavy atom. The molecule has 1 aromatic carbocycles. The SMILES string of the molecule is CC(C)C(=O)c1cc2c(cc1F)NC(=O)CC2. The molecule has 0 aromatic heterocycles. The molecule has 90 valence electrons. The van der Waals surface area contributed by atoms with Crippen LogP contribution in [0.3, 0.4) is 0 Å². The average molecular weight is 235 g/mol. The summed E-state index contributed by atoms with van der Waals surface area (Å²) in [6.45, 7) is 3.48. The molecule has 3 nitrogen and oxygen atoms in total. The number of rotatable bonds is 2. The zero-order valence-electron chi connectivity index (χ0n) is 9.84. The van der Waals surface area contributed by atoms with E-state index in [1.807, 2.05) is 0 Å². The van der Waals surface area contributed by atoms with E-state index in [0.29, 0.717) is 18.5 Å². The van der Waals surface area contributed by atoms with Crippen molar-refractivity contribution in [1.82, 2.24) is 0 Å². The summed E-state index contributed by atoms with van der Waals surface area (Å²) in [6.07, 6.45) is 0.938. The second kappa shape index (κ2) is 4.28. The lowest BCUT2D eigenvalue weighted by Crippen LogP contribution is -2.20. The van der Waals surface area contributed by atoms with Crippen molar-refractivity contribution in [2.75, 3.05) is 5.32 Å². The predicted octanol–water partition coefficient (Wildman–Crippen LogP) is 2.55. The summed E-state index contributed by atoms with van der Waals surface area (Å²) in [5, 5.41) is 2.61. The number of carbonyl (C=O) groups excluding carboxylic acids is 2. The van der Waals surface area contributed by atoms with Crippen molar-refractivity contribution in [3.05, 3.63) is 29.1 Å². The predicted molar refractivity (Wildman–Crippen MR) is 62.5 cm³/mol. The fourth-order valence-corrected chi connectivity index (χ4v) is 1.90. The first-order chi connectivity index (χ1) is 7.99. The first-order valence-electron chi connectivity index (χ1n) is 5.65. The summed E-state index contributed by atoms with van der Waals surface area (Å²) >= 11 is 0. The number of ketones is 1. The third kappa shape index (κ3) is 2.20. The fraction of sp³-hybridized carbons (Fsp3) is 0.385. The Bertz CT molecular complexity index is 494. The third-order valence-corrected chi connectivity index (χ3v) is 2.88. The van der Waals surface area contributed by atoms with E-state index in [9.17, 15) is 14.0 Å². The van der Waals surface area contributed by atoms with Crippen molar-refractivity contribution in [2.24, 2.45) is 5.92 Å². The number of anilines is 1. The summed E-state index contributed by atoms with van der Waals surface area (Å²) in [5.41, 5.74) is 1.43. The number of halogens is 1. The lowest BCUT2D eigenvalue weighted by molar-refractivity contribution is -0.116. The van der Waals surface area contributed by atoms with E-state index in [4.69, 9.17) is 0 Å². The van der Waals surface area contributed by atoms with Crippen LogP contribution in [0.2, 0.25) is 0 Å². The van der Waals surface area contributed by atoms with E-state index in [0.717, 1.165) is 5.56 Å². The molecular weight excluding hydrogens is 221 g/mol. The average Bonchev–Trinajstić information content (AvgIpc) is 2.27. The Morgan fingerprint density at radius 3 is 2.71 bits per heavy atom. The van der Waals surface area contributed by atoms with Crippen LogP contribution in [0.5, 0.6) is 0 Å². The van der Waals surface area contributed by atoms with Crippen LogP contribution >= 0.6 is 0 Å². The molecule has 0 aliphatic carbocycles. The first kappa shape index (κ1) is 11.8. The molecule has 2 rings (SSSR count). The number of aryl methyl sites for hydroxylation is 1. The highest BCUT2D eigenvalue weighted by atomic mass is 19.1. The molecule has 1 aliphatic rings. The van der Waals surface area contributed by atoms with Gasteiger partial charge in [-0.25, -0.2) is 4.39 Å². The number of nitrogens with one attached hydrogen (secondary N) is 1. The van der Waals surface area contributed by atoms with Gasteiger partial charge < -0.3 is 5.32 Å². The monoisotopic (exact) mass is 235 g/mol. The smallest absolute Gasteiger partial charge is 0.224 e. The molecule has 17 heavy (non-hydrogen) atoms. The molecule has 1 aromatic rings. The summed E-state index contributed by atoms with van der Waals surface area (Å²) in [6, 6.07) is 2.80. The van der Waals surface area contributed by atoms with Crippen molar-refractivity contribution in [3.8, 4) is 0 Å². The highest BCUT2D eigenvalue weighted by Crippen LogP contribution is 2.27. The molecule has 1 heterocycles. The summed E-state index contributed by atoms with van der Waals surface area (Å²) in [7, 11) is 0. The molecule has 0 atom stereocenters. The second-order valence-corrected chi connectivity index (χ2v) is 4.56. The Morgan fingerprint density at radius 2 is 2.06 bits per heavy atom. The highest BCUT2D eigenvalue weighted by Gasteiger charge is 2.21. The van der Waals surface area contributed by atoms with E-state index in [1.54, 1.807) is 19.9 Å². The maximum Gasteiger partial charge on any atom is 0.224 e. The maximum atomic E-state index is 13.7. The van der Waals surface area contributed by atoms with Gasteiger partial charge in [-0.2, -0.15) is 0 Å². The Kier molecular flexibility index (Phi) is 2.96. The van der Waals surface area contributed by atoms with Gasteiger partial charge in [0.2, 0.25) is 5.91 Å². The van der Waals surface area contributed by atoms with E-state index in [2.05, 4.69) is 5.32 Å².